The van der Waals surface area contributed by atoms with Gasteiger partial charge in [-0.15, -0.1) is 0 Å². The smallest absolute Gasteiger partial charge is 0.237 e. The van der Waals surface area contributed by atoms with Crippen molar-refractivity contribution < 1.29 is 14.3 Å². The highest BCUT2D eigenvalue weighted by atomic mass is 16.5. The van der Waals surface area contributed by atoms with Crippen LogP contribution in [0.1, 0.15) is 17.5 Å². The number of benzene rings is 2. The zero-order valence-electron chi connectivity index (χ0n) is 16.5. The van der Waals surface area contributed by atoms with Crippen molar-refractivity contribution in [1.29, 1.82) is 0 Å². The maximum absolute atomic E-state index is 12.4. The van der Waals surface area contributed by atoms with Crippen molar-refractivity contribution in [3.05, 3.63) is 59.7 Å². The van der Waals surface area contributed by atoms with Crippen molar-refractivity contribution in [2.45, 2.75) is 31.5 Å². The van der Waals surface area contributed by atoms with Crippen LogP contribution in [0, 0.1) is 0 Å². The van der Waals surface area contributed by atoms with Crippen LogP contribution in [0.2, 0.25) is 0 Å². The monoisotopic (exact) mass is 383 g/mol. The van der Waals surface area contributed by atoms with Gasteiger partial charge in [-0.3, -0.25) is 4.79 Å². The molecule has 0 radical (unpaired) electrons. The summed E-state index contributed by atoms with van der Waals surface area (Å²) in [6.07, 6.45) is 1.60. The molecule has 0 aliphatic carbocycles. The molecule has 0 saturated carbocycles. The molecule has 0 spiro atoms. The number of nitrogens with one attached hydrogen (secondary N) is 3. The van der Waals surface area contributed by atoms with Gasteiger partial charge in [0.25, 0.3) is 0 Å². The Kier molecular flexibility index (Phi) is 7.28. The van der Waals surface area contributed by atoms with E-state index in [1.165, 1.54) is 11.1 Å². The lowest BCUT2D eigenvalue weighted by molar-refractivity contribution is -0.122. The predicted octanol–water partition coefficient (Wildman–Crippen LogP) is 1.88. The maximum atomic E-state index is 12.4. The summed E-state index contributed by atoms with van der Waals surface area (Å²) in [7, 11) is 3.32. The van der Waals surface area contributed by atoms with Gasteiger partial charge in [0, 0.05) is 25.7 Å². The molecule has 6 nitrogen and oxygen atoms in total. The second-order valence-corrected chi connectivity index (χ2v) is 7.01. The average molecular weight is 383 g/mol. The first-order chi connectivity index (χ1) is 13.7. The first-order valence-electron chi connectivity index (χ1n) is 9.68. The Morgan fingerprint density at radius 2 is 1.61 bits per heavy atom. The zero-order valence-corrected chi connectivity index (χ0v) is 16.5. The van der Waals surface area contributed by atoms with Crippen molar-refractivity contribution in [2.24, 2.45) is 0 Å². The fraction of sp³-hybridized carbons (Fsp3) is 0.409. The molecule has 3 N–H and O–H groups in total. The predicted molar refractivity (Wildman–Crippen MR) is 110 cm³/mol. The Hall–Kier alpha value is -2.57. The summed E-state index contributed by atoms with van der Waals surface area (Å²) >= 11 is 0. The highest BCUT2D eigenvalue weighted by Crippen LogP contribution is 2.13. The lowest BCUT2D eigenvalue weighted by atomic mass is 10.1. The largest absolute Gasteiger partial charge is 0.497 e. The van der Waals surface area contributed by atoms with Crippen LogP contribution in [0.15, 0.2) is 48.5 Å². The van der Waals surface area contributed by atoms with Crippen LogP contribution >= 0.6 is 0 Å². The molecule has 1 aliphatic heterocycles. The Bertz CT molecular complexity index is 747. The molecule has 2 atom stereocenters. The van der Waals surface area contributed by atoms with Gasteiger partial charge in [-0.2, -0.15) is 0 Å². The molecule has 2 aromatic rings. The second kappa shape index (κ2) is 10.1. The van der Waals surface area contributed by atoms with Gasteiger partial charge in [-0.25, -0.2) is 0 Å². The van der Waals surface area contributed by atoms with E-state index in [-0.39, 0.29) is 11.9 Å². The third-order valence-electron chi connectivity index (χ3n) is 5.07. The molecule has 28 heavy (non-hydrogen) atoms. The van der Waals surface area contributed by atoms with E-state index in [1.807, 2.05) is 36.4 Å². The van der Waals surface area contributed by atoms with Gasteiger partial charge in [-0.1, -0.05) is 24.3 Å². The second-order valence-electron chi connectivity index (χ2n) is 7.01. The van der Waals surface area contributed by atoms with Crippen molar-refractivity contribution >= 4 is 5.91 Å². The van der Waals surface area contributed by atoms with Crippen LogP contribution in [-0.2, 0) is 17.8 Å². The minimum atomic E-state index is -0.135. The van der Waals surface area contributed by atoms with Crippen molar-refractivity contribution in [2.75, 3.05) is 27.3 Å². The van der Waals surface area contributed by atoms with E-state index in [0.717, 1.165) is 37.4 Å². The van der Waals surface area contributed by atoms with Crippen molar-refractivity contribution in [3.63, 3.8) is 0 Å². The molecule has 0 bridgehead atoms. The number of carbonyl (C=O) groups excluding carboxylic acids is 1. The molecule has 1 saturated heterocycles. The summed E-state index contributed by atoms with van der Waals surface area (Å²) in [5.41, 5.74) is 2.38. The third-order valence-corrected chi connectivity index (χ3v) is 5.07. The average Bonchev–Trinajstić information content (AvgIpc) is 3.22. The summed E-state index contributed by atoms with van der Waals surface area (Å²) in [5.74, 6) is 1.77. The van der Waals surface area contributed by atoms with E-state index in [2.05, 4.69) is 28.1 Å². The zero-order chi connectivity index (χ0) is 19.8. The first-order valence-corrected chi connectivity index (χ1v) is 9.68. The number of carbonyl (C=O) groups is 1. The summed E-state index contributed by atoms with van der Waals surface area (Å²) < 4.78 is 10.3. The van der Waals surface area contributed by atoms with Crippen molar-refractivity contribution in [1.82, 2.24) is 16.0 Å². The van der Waals surface area contributed by atoms with Gasteiger partial charge in [0.15, 0.2) is 0 Å². The summed E-state index contributed by atoms with van der Waals surface area (Å²) in [6, 6.07) is 16.1. The van der Waals surface area contributed by atoms with Crippen LogP contribution in [0.3, 0.4) is 0 Å². The van der Waals surface area contributed by atoms with Gasteiger partial charge >= 0.3 is 0 Å². The molecule has 1 aliphatic rings. The molecule has 1 amide bonds. The Morgan fingerprint density at radius 3 is 2.21 bits per heavy atom. The third kappa shape index (κ3) is 5.71. The molecule has 150 valence electrons. The van der Waals surface area contributed by atoms with Gasteiger partial charge < -0.3 is 25.4 Å². The normalized spacial score (nSPS) is 18.6. The van der Waals surface area contributed by atoms with E-state index < -0.39 is 0 Å². The van der Waals surface area contributed by atoms with E-state index in [4.69, 9.17) is 9.47 Å². The van der Waals surface area contributed by atoms with E-state index in [1.54, 1.807) is 14.2 Å². The summed E-state index contributed by atoms with van der Waals surface area (Å²) in [5, 5.41) is 9.87. The molecule has 3 rings (SSSR count). The minimum absolute atomic E-state index is 0.0715. The molecule has 0 aromatic heterocycles. The SMILES string of the molecule is COc1ccc(CCNC(=O)C2CC(NCc3ccc(OC)cc3)CN2)cc1. The van der Waals surface area contributed by atoms with Crippen LogP contribution in [0.4, 0.5) is 0 Å². The standard InChI is InChI=1S/C22H29N3O3/c1-27-19-7-3-16(4-8-19)11-12-23-22(26)21-13-18(15-25-21)24-14-17-5-9-20(28-2)10-6-17/h3-10,18,21,24-25H,11-15H2,1-2H3,(H,23,26). The highest BCUT2D eigenvalue weighted by molar-refractivity contribution is 5.82. The molecule has 1 fully saturated rings. The highest BCUT2D eigenvalue weighted by Gasteiger charge is 2.28. The van der Waals surface area contributed by atoms with Gasteiger partial charge in [0.2, 0.25) is 5.91 Å². The number of amides is 1. The summed E-state index contributed by atoms with van der Waals surface area (Å²) in [6.45, 7) is 2.21. The van der Waals surface area contributed by atoms with Crippen LogP contribution in [0.5, 0.6) is 11.5 Å². The van der Waals surface area contributed by atoms with Crippen molar-refractivity contribution in [3.8, 4) is 11.5 Å². The quantitative estimate of drug-likeness (QED) is 0.617. The molecule has 6 heteroatoms. The molecular formula is C22H29N3O3. The maximum Gasteiger partial charge on any atom is 0.237 e. The fourth-order valence-electron chi connectivity index (χ4n) is 3.34. The topological polar surface area (TPSA) is 71.6 Å². The summed E-state index contributed by atoms with van der Waals surface area (Å²) in [4.78, 5) is 12.4. The van der Waals surface area contributed by atoms with Gasteiger partial charge in [0.05, 0.1) is 20.3 Å². The van der Waals surface area contributed by atoms with E-state index >= 15 is 0 Å². The van der Waals surface area contributed by atoms with Gasteiger partial charge in [0.1, 0.15) is 11.5 Å². The van der Waals surface area contributed by atoms with Gasteiger partial charge in [-0.05, 0) is 48.2 Å². The number of rotatable bonds is 9. The Balaban J connectivity index is 1.36. The lowest BCUT2D eigenvalue weighted by Crippen LogP contribution is -2.41. The van der Waals surface area contributed by atoms with Crippen LogP contribution in [-0.4, -0.2) is 45.3 Å². The van der Waals surface area contributed by atoms with Crippen LogP contribution in [0.25, 0.3) is 0 Å². The lowest BCUT2D eigenvalue weighted by Gasteiger charge is -2.13. The van der Waals surface area contributed by atoms with E-state index in [9.17, 15) is 4.79 Å². The number of ether oxygens (including phenoxy) is 2. The van der Waals surface area contributed by atoms with E-state index in [0.29, 0.717) is 12.6 Å². The fourth-order valence-corrected chi connectivity index (χ4v) is 3.34. The Morgan fingerprint density at radius 1 is 1.00 bits per heavy atom. The molecule has 1 heterocycles. The molecule has 2 aromatic carbocycles. The Labute approximate surface area is 166 Å². The van der Waals surface area contributed by atoms with Crippen LogP contribution < -0.4 is 25.4 Å². The minimum Gasteiger partial charge on any atom is -0.497 e. The first kappa shape index (κ1) is 20.2. The molecular weight excluding hydrogens is 354 g/mol. The molecule has 2 unspecified atom stereocenters. The number of hydrogen-bond acceptors (Lipinski definition) is 5. The number of hydrogen-bond donors (Lipinski definition) is 3. The number of methoxy groups -OCH3 is 2.